The molecule has 0 radical (unpaired) electrons. The van der Waals surface area contributed by atoms with Crippen molar-refractivity contribution in [2.75, 3.05) is 0 Å². The van der Waals surface area contributed by atoms with Crippen LogP contribution in [0.1, 0.15) is 11.3 Å². The minimum absolute atomic E-state index is 0.0143. The molecule has 25 heavy (non-hydrogen) atoms. The molecule has 1 aliphatic heterocycles. The van der Waals surface area contributed by atoms with Gasteiger partial charge in [0.05, 0.1) is 12.2 Å². The van der Waals surface area contributed by atoms with E-state index in [9.17, 15) is 14.4 Å². The number of imide groups is 1. The Kier molecular flexibility index (Phi) is 3.81. The van der Waals surface area contributed by atoms with E-state index in [1.54, 1.807) is 11.6 Å². The minimum atomic E-state index is -0.596. The van der Waals surface area contributed by atoms with Crippen LogP contribution in [0.4, 0.5) is 4.79 Å². The van der Waals surface area contributed by atoms with Gasteiger partial charge in [-0.1, -0.05) is 30.3 Å². The normalized spacial score (nSPS) is 17.3. The number of hydrogen-bond donors (Lipinski definition) is 1. The number of rotatable bonds is 4. The Hall–Kier alpha value is -3.00. The molecule has 3 aromatic rings. The summed E-state index contributed by atoms with van der Waals surface area (Å²) in [5.41, 5.74) is 1.14. The summed E-state index contributed by atoms with van der Waals surface area (Å²) in [6, 6.07) is 9.80. The Balaban J connectivity index is 1.54. The highest BCUT2D eigenvalue weighted by atomic mass is 32.1. The predicted molar refractivity (Wildman–Crippen MR) is 92.4 cm³/mol. The molecule has 7 nitrogen and oxygen atoms in total. The van der Waals surface area contributed by atoms with Gasteiger partial charge in [-0.15, -0.1) is 11.3 Å². The van der Waals surface area contributed by atoms with E-state index < -0.39 is 12.1 Å². The maximum absolute atomic E-state index is 12.6. The summed E-state index contributed by atoms with van der Waals surface area (Å²) >= 11 is 1.33. The number of nitrogens with one attached hydrogen (secondary N) is 1. The lowest BCUT2D eigenvalue weighted by Gasteiger charge is -2.12. The Morgan fingerprint density at radius 2 is 1.96 bits per heavy atom. The minimum Gasteiger partial charge on any atom is -0.325 e. The fourth-order valence-electron chi connectivity index (χ4n) is 2.85. The molecular formula is C17H14N4O3S. The average molecular weight is 354 g/mol. The number of amides is 3. The Labute approximate surface area is 146 Å². The second-order valence-corrected chi connectivity index (χ2v) is 6.63. The van der Waals surface area contributed by atoms with E-state index in [0.717, 1.165) is 10.5 Å². The van der Waals surface area contributed by atoms with Gasteiger partial charge < -0.3 is 5.32 Å². The van der Waals surface area contributed by atoms with E-state index in [1.165, 1.54) is 21.8 Å². The summed E-state index contributed by atoms with van der Waals surface area (Å²) in [5, 5.41) is 4.46. The number of hydrogen-bond acceptors (Lipinski definition) is 5. The SMILES string of the molecule is O=C1NC(Cc2ccccc2)C(=O)N1Cc1cc(=O)n2ccsc2n1. The maximum Gasteiger partial charge on any atom is 0.325 e. The van der Waals surface area contributed by atoms with Crippen LogP contribution in [0.2, 0.25) is 0 Å². The van der Waals surface area contributed by atoms with Crippen LogP contribution in [0.15, 0.2) is 52.8 Å². The number of aromatic nitrogens is 2. The summed E-state index contributed by atoms with van der Waals surface area (Å²) in [6.07, 6.45) is 2.07. The molecule has 126 valence electrons. The molecule has 3 amide bonds. The lowest BCUT2D eigenvalue weighted by atomic mass is 10.1. The van der Waals surface area contributed by atoms with Crippen molar-refractivity contribution in [3.63, 3.8) is 0 Å². The molecule has 2 aromatic heterocycles. The molecule has 1 aliphatic rings. The number of thiazole rings is 1. The van der Waals surface area contributed by atoms with E-state index in [0.29, 0.717) is 17.1 Å². The van der Waals surface area contributed by atoms with Gasteiger partial charge >= 0.3 is 6.03 Å². The third-order valence-corrected chi connectivity index (χ3v) is 4.82. The van der Waals surface area contributed by atoms with Crippen LogP contribution in [0, 0.1) is 0 Å². The van der Waals surface area contributed by atoms with Gasteiger partial charge in [-0.25, -0.2) is 9.78 Å². The Morgan fingerprint density at radius 1 is 1.16 bits per heavy atom. The van der Waals surface area contributed by atoms with Crippen LogP contribution < -0.4 is 10.9 Å². The Morgan fingerprint density at radius 3 is 2.76 bits per heavy atom. The van der Waals surface area contributed by atoms with Crippen molar-refractivity contribution in [1.29, 1.82) is 0 Å². The van der Waals surface area contributed by atoms with Crippen molar-refractivity contribution in [2.24, 2.45) is 0 Å². The van der Waals surface area contributed by atoms with Crippen molar-refractivity contribution >= 4 is 28.2 Å². The lowest BCUT2D eigenvalue weighted by Crippen LogP contribution is -2.32. The zero-order valence-corrected chi connectivity index (χ0v) is 13.9. The monoisotopic (exact) mass is 354 g/mol. The molecule has 1 saturated heterocycles. The fourth-order valence-corrected chi connectivity index (χ4v) is 3.58. The molecule has 1 N–H and O–H groups in total. The molecule has 0 saturated carbocycles. The van der Waals surface area contributed by atoms with Gasteiger partial charge in [0.15, 0.2) is 4.96 Å². The molecule has 0 aliphatic carbocycles. The summed E-state index contributed by atoms with van der Waals surface area (Å²) in [7, 11) is 0. The van der Waals surface area contributed by atoms with Crippen molar-refractivity contribution in [3.05, 3.63) is 69.6 Å². The predicted octanol–water partition coefficient (Wildman–Crippen LogP) is 1.42. The summed E-state index contributed by atoms with van der Waals surface area (Å²) < 4.78 is 1.43. The maximum atomic E-state index is 12.6. The van der Waals surface area contributed by atoms with E-state index in [4.69, 9.17) is 0 Å². The van der Waals surface area contributed by atoms with Gasteiger partial charge in [0.25, 0.3) is 11.5 Å². The van der Waals surface area contributed by atoms with Crippen molar-refractivity contribution in [1.82, 2.24) is 19.6 Å². The molecule has 3 heterocycles. The third-order valence-electron chi connectivity index (χ3n) is 4.07. The van der Waals surface area contributed by atoms with Crippen molar-refractivity contribution < 1.29 is 9.59 Å². The zero-order chi connectivity index (χ0) is 17.4. The second kappa shape index (κ2) is 6.14. The van der Waals surface area contributed by atoms with E-state index in [1.807, 2.05) is 30.3 Å². The second-order valence-electron chi connectivity index (χ2n) is 5.76. The van der Waals surface area contributed by atoms with Crippen LogP contribution in [0.25, 0.3) is 4.96 Å². The molecule has 4 rings (SSSR count). The van der Waals surface area contributed by atoms with E-state index >= 15 is 0 Å². The van der Waals surface area contributed by atoms with E-state index in [2.05, 4.69) is 10.3 Å². The molecule has 1 fully saturated rings. The first kappa shape index (κ1) is 15.5. The number of fused-ring (bicyclic) bond motifs is 1. The molecular weight excluding hydrogens is 340 g/mol. The van der Waals surface area contributed by atoms with Gasteiger partial charge in [-0.2, -0.15) is 0 Å². The largest absolute Gasteiger partial charge is 0.325 e. The van der Waals surface area contributed by atoms with Crippen molar-refractivity contribution in [3.8, 4) is 0 Å². The summed E-state index contributed by atoms with van der Waals surface area (Å²) in [4.78, 5) is 42.8. The third kappa shape index (κ3) is 2.91. The van der Waals surface area contributed by atoms with Crippen LogP contribution in [-0.4, -0.2) is 32.3 Å². The molecule has 1 aromatic carbocycles. The average Bonchev–Trinajstić information content (AvgIpc) is 3.17. The van der Waals surface area contributed by atoms with Gasteiger partial charge in [0.2, 0.25) is 0 Å². The van der Waals surface area contributed by atoms with Crippen LogP contribution >= 0.6 is 11.3 Å². The van der Waals surface area contributed by atoms with Crippen molar-refractivity contribution in [2.45, 2.75) is 19.0 Å². The van der Waals surface area contributed by atoms with Gasteiger partial charge in [-0.05, 0) is 5.56 Å². The smallest absolute Gasteiger partial charge is 0.325 e. The quantitative estimate of drug-likeness (QED) is 0.718. The first-order chi connectivity index (χ1) is 12.1. The highest BCUT2D eigenvalue weighted by molar-refractivity contribution is 7.15. The fraction of sp³-hybridized carbons (Fsp3) is 0.176. The summed E-state index contributed by atoms with van der Waals surface area (Å²) in [5.74, 6) is -0.304. The first-order valence-electron chi connectivity index (χ1n) is 7.73. The highest BCUT2D eigenvalue weighted by Crippen LogP contribution is 2.15. The van der Waals surface area contributed by atoms with Gasteiger partial charge in [0, 0.05) is 24.1 Å². The molecule has 0 spiro atoms. The number of carbonyl (C=O) groups is 2. The first-order valence-corrected chi connectivity index (χ1v) is 8.61. The zero-order valence-electron chi connectivity index (χ0n) is 13.1. The number of carbonyl (C=O) groups excluding carboxylic acids is 2. The Bertz CT molecular complexity index is 1010. The number of benzene rings is 1. The molecule has 0 bridgehead atoms. The van der Waals surface area contributed by atoms with Crippen LogP contribution in [0.3, 0.4) is 0 Å². The molecule has 1 atom stereocenters. The topological polar surface area (TPSA) is 83.8 Å². The van der Waals surface area contributed by atoms with E-state index in [-0.39, 0.29) is 18.0 Å². The highest BCUT2D eigenvalue weighted by Gasteiger charge is 2.38. The van der Waals surface area contributed by atoms with Crippen LogP contribution in [-0.2, 0) is 17.8 Å². The lowest BCUT2D eigenvalue weighted by molar-refractivity contribution is -0.127. The molecule has 8 heteroatoms. The van der Waals surface area contributed by atoms with Gasteiger partial charge in [0.1, 0.15) is 6.04 Å². The summed E-state index contributed by atoms with van der Waals surface area (Å²) in [6.45, 7) is -0.0143. The number of urea groups is 1. The standard InChI is InChI=1S/C17H14N4O3S/c22-14-9-12(18-17-20(14)6-7-25-17)10-21-15(23)13(19-16(21)24)8-11-4-2-1-3-5-11/h1-7,9,13H,8,10H2,(H,19,24). The number of nitrogens with zero attached hydrogens (tertiary/aromatic N) is 3. The van der Waals surface area contributed by atoms with Gasteiger partial charge in [-0.3, -0.25) is 18.9 Å². The molecule has 1 unspecified atom stereocenters. The van der Waals surface area contributed by atoms with Crippen LogP contribution in [0.5, 0.6) is 0 Å².